The largest absolute Gasteiger partial charge is 0.384 e. The first-order chi connectivity index (χ1) is 9.53. The molecule has 0 aliphatic heterocycles. The smallest absolute Gasteiger partial charge is 0.100 e. The number of nitrogens with zero attached hydrogens (tertiary/aromatic N) is 1. The molecule has 0 aliphatic rings. The zero-order valence-corrected chi connectivity index (χ0v) is 12.4. The molecule has 2 N–H and O–H groups in total. The maximum absolute atomic E-state index is 10.5. The summed E-state index contributed by atoms with van der Waals surface area (Å²) in [6.45, 7) is 4.29. The van der Waals surface area contributed by atoms with Crippen LogP contribution in [0.3, 0.4) is 0 Å². The van der Waals surface area contributed by atoms with Crippen molar-refractivity contribution >= 4 is 11.3 Å². The number of hydrogen-bond acceptors (Lipinski definition) is 4. The van der Waals surface area contributed by atoms with Crippen LogP contribution in [0.5, 0.6) is 0 Å². The lowest BCUT2D eigenvalue weighted by Gasteiger charge is -2.25. The van der Waals surface area contributed by atoms with Crippen molar-refractivity contribution in [1.29, 1.82) is 5.26 Å². The Hall–Kier alpha value is -1.67. The first kappa shape index (κ1) is 14.7. The van der Waals surface area contributed by atoms with Crippen molar-refractivity contribution < 1.29 is 5.11 Å². The quantitative estimate of drug-likeness (QED) is 0.887. The van der Waals surface area contributed by atoms with Crippen LogP contribution in [-0.4, -0.2) is 11.7 Å². The molecule has 104 valence electrons. The van der Waals surface area contributed by atoms with Gasteiger partial charge in [0, 0.05) is 12.6 Å². The number of nitrogens with one attached hydrogen (secondary N) is 1. The van der Waals surface area contributed by atoms with Crippen molar-refractivity contribution in [2.24, 2.45) is 0 Å². The molecule has 0 spiro atoms. The van der Waals surface area contributed by atoms with Crippen molar-refractivity contribution in [3.63, 3.8) is 0 Å². The molecule has 0 amide bonds. The van der Waals surface area contributed by atoms with Gasteiger partial charge in [0.25, 0.3) is 0 Å². The lowest BCUT2D eigenvalue weighted by Crippen LogP contribution is -2.36. The second-order valence-electron chi connectivity index (χ2n) is 5.13. The number of benzene rings is 1. The fraction of sp³-hybridized carbons (Fsp3) is 0.312. The van der Waals surface area contributed by atoms with Crippen molar-refractivity contribution in [1.82, 2.24) is 5.32 Å². The topological polar surface area (TPSA) is 56.0 Å². The molecule has 2 atom stereocenters. The Morgan fingerprint density at radius 2 is 2.25 bits per heavy atom. The third-order valence-electron chi connectivity index (χ3n) is 3.41. The van der Waals surface area contributed by atoms with Crippen LogP contribution in [0.1, 0.15) is 36.6 Å². The Morgan fingerprint density at radius 3 is 2.90 bits per heavy atom. The molecule has 0 saturated heterocycles. The van der Waals surface area contributed by atoms with Gasteiger partial charge in [0.15, 0.2) is 0 Å². The number of rotatable bonds is 5. The third kappa shape index (κ3) is 3.45. The van der Waals surface area contributed by atoms with Crippen LogP contribution in [0.15, 0.2) is 41.1 Å². The van der Waals surface area contributed by atoms with Gasteiger partial charge in [-0.1, -0.05) is 12.1 Å². The van der Waals surface area contributed by atoms with E-state index in [-0.39, 0.29) is 6.04 Å². The van der Waals surface area contributed by atoms with E-state index in [1.165, 1.54) is 0 Å². The highest BCUT2D eigenvalue weighted by Gasteiger charge is 2.24. The van der Waals surface area contributed by atoms with E-state index in [2.05, 4.69) is 11.4 Å². The Kier molecular flexibility index (Phi) is 4.56. The van der Waals surface area contributed by atoms with Crippen LogP contribution < -0.4 is 5.32 Å². The molecule has 1 heterocycles. The van der Waals surface area contributed by atoms with E-state index in [4.69, 9.17) is 5.26 Å². The van der Waals surface area contributed by atoms with Gasteiger partial charge < -0.3 is 10.4 Å². The fourth-order valence-corrected chi connectivity index (χ4v) is 2.80. The minimum atomic E-state index is -0.888. The molecule has 1 aromatic carbocycles. The van der Waals surface area contributed by atoms with Gasteiger partial charge in [0.2, 0.25) is 0 Å². The molecule has 2 rings (SSSR count). The number of thiophene rings is 1. The first-order valence-electron chi connectivity index (χ1n) is 6.51. The molecule has 4 heteroatoms. The summed E-state index contributed by atoms with van der Waals surface area (Å²) < 4.78 is 0. The van der Waals surface area contributed by atoms with Crippen LogP contribution in [-0.2, 0) is 5.60 Å². The third-order valence-corrected chi connectivity index (χ3v) is 4.09. The van der Waals surface area contributed by atoms with Crippen LogP contribution >= 0.6 is 11.3 Å². The van der Waals surface area contributed by atoms with Crippen LogP contribution in [0, 0.1) is 11.3 Å². The van der Waals surface area contributed by atoms with E-state index < -0.39 is 5.60 Å². The maximum atomic E-state index is 10.5. The van der Waals surface area contributed by atoms with E-state index in [0.29, 0.717) is 12.1 Å². The van der Waals surface area contributed by atoms with E-state index >= 15 is 0 Å². The maximum Gasteiger partial charge on any atom is 0.100 e. The highest BCUT2D eigenvalue weighted by molar-refractivity contribution is 7.08. The average Bonchev–Trinajstić information content (AvgIpc) is 3.00. The molecule has 2 aromatic rings. The lowest BCUT2D eigenvalue weighted by molar-refractivity contribution is 0.0548. The molecule has 3 nitrogen and oxygen atoms in total. The summed E-state index contributed by atoms with van der Waals surface area (Å²) in [4.78, 5) is 0. The molecular weight excluding hydrogens is 268 g/mol. The van der Waals surface area contributed by atoms with Crippen LogP contribution in [0.4, 0.5) is 0 Å². The second kappa shape index (κ2) is 6.19. The molecule has 0 fully saturated rings. The second-order valence-corrected chi connectivity index (χ2v) is 5.91. The van der Waals surface area contributed by atoms with E-state index in [0.717, 1.165) is 11.1 Å². The molecule has 0 bridgehead atoms. The Bertz CT molecular complexity index is 599. The molecule has 0 radical (unpaired) electrons. The zero-order valence-electron chi connectivity index (χ0n) is 11.6. The van der Waals surface area contributed by atoms with Gasteiger partial charge in [-0.15, -0.1) is 0 Å². The van der Waals surface area contributed by atoms with Gasteiger partial charge >= 0.3 is 0 Å². The molecule has 0 saturated carbocycles. The van der Waals surface area contributed by atoms with Gasteiger partial charge in [-0.05, 0) is 53.9 Å². The summed E-state index contributed by atoms with van der Waals surface area (Å²) in [6.07, 6.45) is 0. The average molecular weight is 286 g/mol. The normalized spacial score (nSPS) is 15.3. The standard InChI is InChI=1S/C16H18N2OS/c1-12(14-5-3-4-13(8-14)9-17)18-11-16(2,19)15-6-7-20-10-15/h3-8,10,12,18-19H,11H2,1-2H3. The molecule has 0 aliphatic carbocycles. The predicted molar refractivity (Wildman–Crippen MR) is 81.5 cm³/mol. The summed E-state index contributed by atoms with van der Waals surface area (Å²) in [7, 11) is 0. The van der Waals surface area contributed by atoms with Gasteiger partial charge in [-0.3, -0.25) is 0 Å². The molecular formula is C16H18N2OS. The van der Waals surface area contributed by atoms with E-state index in [1.54, 1.807) is 24.3 Å². The highest BCUT2D eigenvalue weighted by Crippen LogP contribution is 2.23. The summed E-state index contributed by atoms with van der Waals surface area (Å²) in [5.74, 6) is 0. The molecule has 20 heavy (non-hydrogen) atoms. The van der Waals surface area contributed by atoms with E-state index in [9.17, 15) is 5.11 Å². The van der Waals surface area contributed by atoms with Crippen LogP contribution in [0.25, 0.3) is 0 Å². The van der Waals surface area contributed by atoms with Gasteiger partial charge in [-0.2, -0.15) is 16.6 Å². The minimum Gasteiger partial charge on any atom is -0.384 e. The number of nitriles is 1. The SMILES string of the molecule is CC(NCC(C)(O)c1ccsc1)c1cccc(C#N)c1. The Balaban J connectivity index is 2.02. The number of aliphatic hydroxyl groups is 1. The summed E-state index contributed by atoms with van der Waals surface area (Å²) in [6, 6.07) is 11.7. The zero-order chi connectivity index (χ0) is 14.6. The molecule has 2 unspecified atom stereocenters. The monoisotopic (exact) mass is 286 g/mol. The summed E-state index contributed by atoms with van der Waals surface area (Å²) in [5, 5.41) is 26.6. The number of hydrogen-bond donors (Lipinski definition) is 2. The van der Waals surface area contributed by atoms with Crippen molar-refractivity contribution in [3.8, 4) is 6.07 Å². The van der Waals surface area contributed by atoms with Crippen molar-refractivity contribution in [3.05, 3.63) is 57.8 Å². The van der Waals surface area contributed by atoms with E-state index in [1.807, 2.05) is 41.9 Å². The lowest BCUT2D eigenvalue weighted by atomic mass is 9.98. The van der Waals surface area contributed by atoms with Gasteiger partial charge in [0.1, 0.15) is 5.60 Å². The Labute approximate surface area is 123 Å². The van der Waals surface area contributed by atoms with Gasteiger partial charge in [-0.25, -0.2) is 0 Å². The fourth-order valence-electron chi connectivity index (χ4n) is 2.02. The minimum absolute atomic E-state index is 0.0772. The van der Waals surface area contributed by atoms with Crippen LogP contribution in [0.2, 0.25) is 0 Å². The van der Waals surface area contributed by atoms with Crippen molar-refractivity contribution in [2.75, 3.05) is 6.54 Å². The Morgan fingerprint density at radius 1 is 1.45 bits per heavy atom. The predicted octanol–water partition coefficient (Wildman–Crippen LogP) is 3.18. The van der Waals surface area contributed by atoms with Gasteiger partial charge in [0.05, 0.1) is 11.6 Å². The summed E-state index contributed by atoms with van der Waals surface area (Å²) in [5.41, 5.74) is 1.74. The summed E-state index contributed by atoms with van der Waals surface area (Å²) >= 11 is 1.58. The van der Waals surface area contributed by atoms with Crippen molar-refractivity contribution in [2.45, 2.75) is 25.5 Å². The molecule has 1 aromatic heterocycles. The first-order valence-corrected chi connectivity index (χ1v) is 7.46. The highest BCUT2D eigenvalue weighted by atomic mass is 32.1.